The van der Waals surface area contributed by atoms with Gasteiger partial charge in [-0.3, -0.25) is 4.79 Å². The summed E-state index contributed by atoms with van der Waals surface area (Å²) in [6.07, 6.45) is 3.70. The zero-order valence-electron chi connectivity index (χ0n) is 9.95. The predicted octanol–water partition coefficient (Wildman–Crippen LogP) is 2.60. The minimum absolute atomic E-state index is 0.0175. The second-order valence-electron chi connectivity index (χ2n) is 5.26. The predicted molar refractivity (Wildman–Crippen MR) is 64.4 cm³/mol. The van der Waals surface area contributed by atoms with E-state index in [1.807, 2.05) is 6.07 Å². The molecule has 1 saturated heterocycles. The molecule has 1 saturated carbocycles. The molecular formula is C14H13FN2O. The molecule has 1 aliphatic heterocycles. The summed E-state index contributed by atoms with van der Waals surface area (Å²) in [6.45, 7) is 0.620. The van der Waals surface area contributed by atoms with Crippen LogP contribution in [0.3, 0.4) is 0 Å². The number of halogens is 1. The number of piperidine rings is 1. The van der Waals surface area contributed by atoms with Gasteiger partial charge in [-0.1, -0.05) is 0 Å². The molecule has 0 aromatic heterocycles. The highest BCUT2D eigenvalue weighted by atomic mass is 19.1. The van der Waals surface area contributed by atoms with Crippen molar-refractivity contribution < 1.29 is 9.18 Å². The molecule has 4 heteroatoms. The number of nitrogens with zero attached hydrogens (tertiary/aromatic N) is 2. The van der Waals surface area contributed by atoms with Gasteiger partial charge in [0.2, 0.25) is 5.91 Å². The zero-order chi connectivity index (χ0) is 12.8. The Kier molecular flexibility index (Phi) is 2.37. The molecule has 2 fully saturated rings. The Labute approximate surface area is 105 Å². The van der Waals surface area contributed by atoms with Gasteiger partial charge in [0.1, 0.15) is 5.82 Å². The van der Waals surface area contributed by atoms with Gasteiger partial charge in [0.15, 0.2) is 0 Å². The first kappa shape index (κ1) is 11.2. The van der Waals surface area contributed by atoms with Gasteiger partial charge in [-0.05, 0) is 42.9 Å². The Morgan fingerprint density at radius 3 is 2.72 bits per heavy atom. The number of benzene rings is 1. The first-order valence-electron chi connectivity index (χ1n) is 6.14. The molecule has 1 aromatic rings. The second-order valence-corrected chi connectivity index (χ2v) is 5.26. The fourth-order valence-corrected chi connectivity index (χ4v) is 2.61. The first-order chi connectivity index (χ1) is 8.63. The molecule has 3 nitrogen and oxygen atoms in total. The molecule has 3 rings (SSSR count). The van der Waals surface area contributed by atoms with Crippen LogP contribution in [0.5, 0.6) is 0 Å². The molecule has 0 radical (unpaired) electrons. The average molecular weight is 244 g/mol. The SMILES string of the molecule is N#Cc1ccc(N2CC3(CCC2=O)CC3)c(F)c1. The van der Waals surface area contributed by atoms with Gasteiger partial charge in [0.25, 0.3) is 0 Å². The first-order valence-corrected chi connectivity index (χ1v) is 6.14. The van der Waals surface area contributed by atoms with E-state index in [4.69, 9.17) is 5.26 Å². The number of hydrogen-bond donors (Lipinski definition) is 0. The van der Waals surface area contributed by atoms with Crippen LogP contribution < -0.4 is 4.90 Å². The van der Waals surface area contributed by atoms with E-state index in [0.717, 1.165) is 19.3 Å². The van der Waals surface area contributed by atoms with Crippen LogP contribution >= 0.6 is 0 Å². The summed E-state index contributed by atoms with van der Waals surface area (Å²) in [5, 5.41) is 8.71. The maximum Gasteiger partial charge on any atom is 0.227 e. The van der Waals surface area contributed by atoms with E-state index in [9.17, 15) is 9.18 Å². The fraction of sp³-hybridized carbons (Fsp3) is 0.429. The summed E-state index contributed by atoms with van der Waals surface area (Å²) in [5.41, 5.74) is 0.834. The Balaban J connectivity index is 1.93. The van der Waals surface area contributed by atoms with Gasteiger partial charge in [-0.25, -0.2) is 4.39 Å². The summed E-state index contributed by atoms with van der Waals surface area (Å²) in [6, 6.07) is 6.18. The highest BCUT2D eigenvalue weighted by Gasteiger charge is 2.48. The van der Waals surface area contributed by atoms with Crippen molar-refractivity contribution in [1.29, 1.82) is 5.26 Å². The van der Waals surface area contributed by atoms with Crippen molar-refractivity contribution in [1.82, 2.24) is 0 Å². The Morgan fingerprint density at radius 1 is 1.33 bits per heavy atom. The Morgan fingerprint density at radius 2 is 2.11 bits per heavy atom. The third-order valence-electron chi connectivity index (χ3n) is 3.99. The van der Waals surface area contributed by atoms with Crippen LogP contribution in [0.4, 0.5) is 10.1 Å². The molecule has 1 amide bonds. The van der Waals surface area contributed by atoms with Crippen molar-refractivity contribution >= 4 is 11.6 Å². The number of amides is 1. The molecule has 0 atom stereocenters. The van der Waals surface area contributed by atoms with Gasteiger partial charge in [-0.2, -0.15) is 5.26 Å². The molecule has 92 valence electrons. The molecule has 0 N–H and O–H groups in total. The number of hydrogen-bond acceptors (Lipinski definition) is 2. The molecule has 0 bridgehead atoms. The number of nitriles is 1. The topological polar surface area (TPSA) is 44.1 Å². The number of rotatable bonds is 1. The number of carbonyl (C=O) groups excluding carboxylic acids is 1. The third kappa shape index (κ3) is 1.76. The largest absolute Gasteiger partial charge is 0.309 e. The Hall–Kier alpha value is -1.89. The van der Waals surface area contributed by atoms with Crippen LogP contribution in [0.2, 0.25) is 0 Å². The highest BCUT2D eigenvalue weighted by Crippen LogP contribution is 2.52. The van der Waals surface area contributed by atoms with E-state index in [2.05, 4.69) is 0 Å². The lowest BCUT2D eigenvalue weighted by Gasteiger charge is -2.33. The van der Waals surface area contributed by atoms with E-state index >= 15 is 0 Å². The van der Waals surface area contributed by atoms with E-state index in [0.29, 0.717) is 18.7 Å². The van der Waals surface area contributed by atoms with Gasteiger partial charge in [0, 0.05) is 13.0 Å². The summed E-state index contributed by atoms with van der Waals surface area (Å²) >= 11 is 0. The lowest BCUT2D eigenvalue weighted by atomic mass is 9.94. The van der Waals surface area contributed by atoms with Crippen molar-refractivity contribution in [2.24, 2.45) is 5.41 Å². The lowest BCUT2D eigenvalue weighted by molar-refractivity contribution is -0.120. The summed E-state index contributed by atoms with van der Waals surface area (Å²) in [7, 11) is 0. The van der Waals surface area contributed by atoms with Crippen molar-refractivity contribution in [2.75, 3.05) is 11.4 Å². The minimum Gasteiger partial charge on any atom is -0.309 e. The smallest absolute Gasteiger partial charge is 0.227 e. The monoisotopic (exact) mass is 244 g/mol. The molecule has 1 aliphatic carbocycles. The fourth-order valence-electron chi connectivity index (χ4n) is 2.61. The van der Waals surface area contributed by atoms with Crippen molar-refractivity contribution in [3.8, 4) is 6.07 Å². The summed E-state index contributed by atoms with van der Waals surface area (Å²) < 4.78 is 13.9. The Bertz CT molecular complexity index is 557. The minimum atomic E-state index is -0.486. The molecule has 2 aliphatic rings. The zero-order valence-corrected chi connectivity index (χ0v) is 9.95. The standard InChI is InChI=1S/C14H13FN2O/c15-11-7-10(8-16)1-2-12(11)17-9-14(5-6-14)4-3-13(17)18/h1-2,7H,3-6,9H2. The molecule has 1 heterocycles. The van der Waals surface area contributed by atoms with Crippen LogP contribution in [-0.2, 0) is 4.79 Å². The van der Waals surface area contributed by atoms with Crippen LogP contribution in [0, 0.1) is 22.6 Å². The molecule has 1 spiro atoms. The number of carbonyl (C=O) groups is 1. The van der Waals surface area contributed by atoms with Crippen LogP contribution in [-0.4, -0.2) is 12.5 Å². The normalized spacial score (nSPS) is 20.9. The molecule has 18 heavy (non-hydrogen) atoms. The van der Waals surface area contributed by atoms with E-state index in [1.54, 1.807) is 11.0 Å². The summed E-state index contributed by atoms with van der Waals surface area (Å²) in [5.74, 6) is -0.503. The third-order valence-corrected chi connectivity index (χ3v) is 3.99. The van der Waals surface area contributed by atoms with Gasteiger partial charge in [-0.15, -0.1) is 0 Å². The molecular weight excluding hydrogens is 231 g/mol. The maximum absolute atomic E-state index is 13.9. The van der Waals surface area contributed by atoms with Crippen LogP contribution in [0.25, 0.3) is 0 Å². The number of anilines is 1. The highest BCUT2D eigenvalue weighted by molar-refractivity contribution is 5.94. The summed E-state index contributed by atoms with van der Waals surface area (Å²) in [4.78, 5) is 13.5. The second kappa shape index (κ2) is 3.81. The van der Waals surface area contributed by atoms with Gasteiger partial charge in [0.05, 0.1) is 17.3 Å². The van der Waals surface area contributed by atoms with Gasteiger partial charge < -0.3 is 4.90 Å². The molecule has 1 aromatic carbocycles. The van der Waals surface area contributed by atoms with Crippen molar-refractivity contribution in [2.45, 2.75) is 25.7 Å². The van der Waals surface area contributed by atoms with Crippen LogP contribution in [0.1, 0.15) is 31.2 Å². The lowest BCUT2D eigenvalue weighted by Crippen LogP contribution is -2.41. The van der Waals surface area contributed by atoms with Crippen LogP contribution in [0.15, 0.2) is 18.2 Å². The van der Waals surface area contributed by atoms with Crippen molar-refractivity contribution in [3.63, 3.8) is 0 Å². The van der Waals surface area contributed by atoms with E-state index in [-0.39, 0.29) is 16.9 Å². The van der Waals surface area contributed by atoms with E-state index < -0.39 is 5.82 Å². The maximum atomic E-state index is 13.9. The molecule has 0 unspecified atom stereocenters. The quantitative estimate of drug-likeness (QED) is 0.762. The van der Waals surface area contributed by atoms with E-state index in [1.165, 1.54) is 12.1 Å². The average Bonchev–Trinajstić information content (AvgIpc) is 3.13. The van der Waals surface area contributed by atoms with Gasteiger partial charge >= 0.3 is 0 Å². The van der Waals surface area contributed by atoms with Crippen molar-refractivity contribution in [3.05, 3.63) is 29.6 Å².